The Morgan fingerprint density at radius 2 is 2.15 bits per heavy atom. The Balaban J connectivity index is 2.39. The van der Waals surface area contributed by atoms with Crippen LogP contribution in [0.15, 0.2) is 12.1 Å². The van der Waals surface area contributed by atoms with Gasteiger partial charge in [-0.05, 0) is 0 Å². The summed E-state index contributed by atoms with van der Waals surface area (Å²) < 4.78 is 15.4. The molecule has 0 saturated heterocycles. The van der Waals surface area contributed by atoms with Gasteiger partial charge in [0.2, 0.25) is 5.88 Å². The molecule has 1 aromatic rings. The van der Waals surface area contributed by atoms with Gasteiger partial charge in [0.15, 0.2) is 5.82 Å². The van der Waals surface area contributed by atoms with E-state index >= 15 is 0 Å². The number of pyridine rings is 1. The van der Waals surface area contributed by atoms with Crippen molar-refractivity contribution in [1.82, 2.24) is 4.98 Å². The highest BCUT2D eigenvalue weighted by atomic mass is 16.6. The summed E-state index contributed by atoms with van der Waals surface area (Å²) >= 11 is 0. The minimum absolute atomic E-state index is 0.140. The average molecular weight is 286 g/mol. The Bertz CT molecular complexity index is 429. The largest absolute Gasteiger partial charge is 0.477 e. The quantitative estimate of drug-likeness (QED) is 0.279. The first-order chi connectivity index (χ1) is 9.67. The van der Waals surface area contributed by atoms with E-state index < -0.39 is 4.92 Å². The number of nitrogen functional groups attached to an aromatic ring is 1. The van der Waals surface area contributed by atoms with Crippen LogP contribution in [0, 0.1) is 10.1 Å². The molecular formula is C11H18N4O5. The lowest BCUT2D eigenvalue weighted by atomic mass is 10.4. The van der Waals surface area contributed by atoms with Crippen molar-refractivity contribution in [1.29, 1.82) is 0 Å². The average Bonchev–Trinajstić information content (AvgIpc) is 2.46. The molecule has 0 unspecified atom stereocenters. The maximum Gasteiger partial charge on any atom is 0.278 e. The fraction of sp³-hybridized carbons (Fsp3) is 0.545. The number of methoxy groups -OCH3 is 1. The van der Waals surface area contributed by atoms with Crippen LogP contribution in [0.3, 0.4) is 0 Å². The van der Waals surface area contributed by atoms with Crippen LogP contribution in [-0.4, -0.2) is 43.4 Å². The zero-order valence-electron chi connectivity index (χ0n) is 11.2. The summed E-state index contributed by atoms with van der Waals surface area (Å²) in [5.74, 6) is 5.50. The smallest absolute Gasteiger partial charge is 0.278 e. The lowest BCUT2D eigenvalue weighted by Crippen LogP contribution is -2.11. The van der Waals surface area contributed by atoms with Gasteiger partial charge in [-0.3, -0.25) is 10.1 Å². The van der Waals surface area contributed by atoms with Gasteiger partial charge in [0.1, 0.15) is 0 Å². The van der Waals surface area contributed by atoms with E-state index in [1.807, 2.05) is 0 Å². The van der Waals surface area contributed by atoms with Crippen LogP contribution in [0.2, 0.25) is 0 Å². The normalized spacial score (nSPS) is 10.3. The molecule has 0 fully saturated rings. The van der Waals surface area contributed by atoms with Crippen molar-refractivity contribution >= 4 is 11.5 Å². The zero-order chi connectivity index (χ0) is 14.8. The molecule has 0 aromatic carbocycles. The van der Waals surface area contributed by atoms with Crippen LogP contribution in [-0.2, 0) is 9.47 Å². The summed E-state index contributed by atoms with van der Waals surface area (Å²) in [5, 5.41) is 10.7. The molecule has 0 saturated carbocycles. The van der Waals surface area contributed by atoms with Gasteiger partial charge in [-0.25, -0.2) is 5.84 Å². The number of nitrogens with one attached hydrogen (secondary N) is 1. The van der Waals surface area contributed by atoms with Crippen molar-refractivity contribution in [2.75, 3.05) is 39.0 Å². The van der Waals surface area contributed by atoms with Gasteiger partial charge >= 0.3 is 0 Å². The molecule has 0 bridgehead atoms. The van der Waals surface area contributed by atoms with Crippen LogP contribution in [0.5, 0.6) is 5.88 Å². The lowest BCUT2D eigenvalue weighted by Gasteiger charge is -2.07. The molecule has 0 radical (unpaired) electrons. The molecule has 1 aromatic heterocycles. The third-order valence-corrected chi connectivity index (χ3v) is 2.26. The molecule has 0 aliphatic rings. The van der Waals surface area contributed by atoms with Crippen molar-refractivity contribution in [3.8, 4) is 5.88 Å². The number of rotatable bonds is 10. The van der Waals surface area contributed by atoms with Gasteiger partial charge in [0.05, 0.1) is 36.9 Å². The Morgan fingerprint density at radius 3 is 2.80 bits per heavy atom. The first-order valence-electron chi connectivity index (χ1n) is 6.00. The lowest BCUT2D eigenvalue weighted by molar-refractivity contribution is -0.384. The van der Waals surface area contributed by atoms with Gasteiger partial charge in [0, 0.05) is 20.1 Å². The van der Waals surface area contributed by atoms with Gasteiger partial charge in [-0.15, -0.1) is 0 Å². The van der Waals surface area contributed by atoms with E-state index in [2.05, 4.69) is 10.4 Å². The summed E-state index contributed by atoms with van der Waals surface area (Å²) in [6.07, 6.45) is 0.638. The number of ether oxygens (including phenoxy) is 3. The molecule has 112 valence electrons. The van der Waals surface area contributed by atoms with E-state index in [9.17, 15) is 10.1 Å². The summed E-state index contributed by atoms with van der Waals surface area (Å²) in [7, 11) is 1.60. The van der Waals surface area contributed by atoms with E-state index in [-0.39, 0.29) is 17.4 Å². The Hall–Kier alpha value is -1.97. The first kappa shape index (κ1) is 16.1. The highest BCUT2D eigenvalue weighted by Crippen LogP contribution is 2.21. The second-order valence-corrected chi connectivity index (χ2v) is 3.76. The number of nitrogens with two attached hydrogens (primary N) is 1. The van der Waals surface area contributed by atoms with Crippen molar-refractivity contribution in [3.05, 3.63) is 22.2 Å². The predicted molar refractivity (Wildman–Crippen MR) is 71.5 cm³/mol. The molecule has 1 heterocycles. The molecule has 9 heteroatoms. The van der Waals surface area contributed by atoms with Gasteiger partial charge in [-0.1, -0.05) is 0 Å². The highest BCUT2D eigenvalue weighted by Gasteiger charge is 2.11. The topological polar surface area (TPSA) is 122 Å². The molecule has 0 aliphatic heterocycles. The van der Waals surface area contributed by atoms with Crippen molar-refractivity contribution in [2.45, 2.75) is 6.42 Å². The maximum absolute atomic E-state index is 10.7. The molecule has 3 N–H and O–H groups in total. The molecule has 0 aliphatic carbocycles. The van der Waals surface area contributed by atoms with Crippen molar-refractivity contribution in [2.24, 2.45) is 5.84 Å². The van der Waals surface area contributed by atoms with Crippen molar-refractivity contribution < 1.29 is 19.1 Å². The third-order valence-electron chi connectivity index (χ3n) is 2.26. The third kappa shape index (κ3) is 5.78. The number of anilines is 1. The van der Waals surface area contributed by atoms with Crippen LogP contribution < -0.4 is 16.0 Å². The number of hydrogen-bond donors (Lipinski definition) is 2. The van der Waals surface area contributed by atoms with Crippen LogP contribution in [0.25, 0.3) is 0 Å². The summed E-state index contributed by atoms with van der Waals surface area (Å²) in [6, 6.07) is 2.47. The van der Waals surface area contributed by atoms with Crippen molar-refractivity contribution in [3.63, 3.8) is 0 Å². The minimum atomic E-state index is -0.538. The van der Waals surface area contributed by atoms with Crippen LogP contribution in [0.1, 0.15) is 6.42 Å². The van der Waals surface area contributed by atoms with Gasteiger partial charge in [0.25, 0.3) is 5.69 Å². The Kier molecular flexibility index (Phi) is 7.25. The second kappa shape index (κ2) is 9.02. The number of nitrogens with zero attached hydrogens (tertiary/aromatic N) is 2. The highest BCUT2D eigenvalue weighted by molar-refractivity contribution is 5.47. The first-order valence-corrected chi connectivity index (χ1v) is 6.00. The molecule has 20 heavy (non-hydrogen) atoms. The fourth-order valence-corrected chi connectivity index (χ4v) is 1.33. The predicted octanol–water partition coefficient (Wildman–Crippen LogP) is 0.707. The molecule has 0 atom stereocenters. The molecule has 9 nitrogen and oxygen atoms in total. The minimum Gasteiger partial charge on any atom is -0.477 e. The molecule has 1 rings (SSSR count). The number of nitro groups is 1. The Morgan fingerprint density at radius 1 is 1.35 bits per heavy atom. The number of aromatic nitrogens is 1. The maximum atomic E-state index is 10.7. The molecule has 0 spiro atoms. The standard InChI is InChI=1S/C11H18N4O5/c1-18-5-6-19-3-2-4-20-11-8-9(15(16)17)7-10(13-11)14-12/h7-8H,2-6,12H2,1H3,(H,13,14). The number of hydrogen-bond acceptors (Lipinski definition) is 8. The fourth-order valence-electron chi connectivity index (χ4n) is 1.33. The van der Waals surface area contributed by atoms with Crippen LogP contribution in [0.4, 0.5) is 11.5 Å². The van der Waals surface area contributed by atoms with Crippen LogP contribution >= 0.6 is 0 Å². The molecular weight excluding hydrogens is 268 g/mol. The van der Waals surface area contributed by atoms with Gasteiger partial charge < -0.3 is 19.6 Å². The second-order valence-electron chi connectivity index (χ2n) is 3.76. The SMILES string of the molecule is COCCOCCCOc1cc([N+](=O)[O-])cc(NN)n1. The molecule has 0 amide bonds. The van der Waals surface area contributed by atoms with E-state index in [4.69, 9.17) is 20.1 Å². The number of hydrazine groups is 1. The zero-order valence-corrected chi connectivity index (χ0v) is 11.2. The van der Waals surface area contributed by atoms with E-state index in [1.165, 1.54) is 12.1 Å². The van der Waals surface area contributed by atoms with E-state index in [0.29, 0.717) is 32.8 Å². The van der Waals surface area contributed by atoms with E-state index in [1.54, 1.807) is 7.11 Å². The Labute approximate surface area is 116 Å². The summed E-state index contributed by atoms with van der Waals surface area (Å²) in [5.41, 5.74) is 2.11. The monoisotopic (exact) mass is 286 g/mol. The van der Waals surface area contributed by atoms with Gasteiger partial charge in [-0.2, -0.15) is 4.98 Å². The van der Waals surface area contributed by atoms with E-state index in [0.717, 1.165) is 0 Å². The summed E-state index contributed by atoms with van der Waals surface area (Å²) in [4.78, 5) is 14.1. The summed E-state index contributed by atoms with van der Waals surface area (Å²) in [6.45, 7) is 1.91.